The van der Waals surface area contributed by atoms with Crippen molar-refractivity contribution in [2.45, 2.75) is 62.4 Å². The highest BCUT2D eigenvalue weighted by atomic mass is 32.2. The van der Waals surface area contributed by atoms with E-state index in [9.17, 15) is 28.4 Å². The van der Waals surface area contributed by atoms with Gasteiger partial charge in [-0.3, -0.25) is 14.9 Å². The molecule has 3 unspecified atom stereocenters. The van der Waals surface area contributed by atoms with E-state index < -0.39 is 26.4 Å². The molecular formula is C20H29N3O6S. The lowest BCUT2D eigenvalue weighted by Crippen LogP contribution is -2.60. The Balaban J connectivity index is 1.75. The maximum Gasteiger partial charge on any atom is 0.270 e. The summed E-state index contributed by atoms with van der Waals surface area (Å²) in [5.41, 5.74) is -1.82. The van der Waals surface area contributed by atoms with Gasteiger partial charge in [-0.2, -0.15) is 4.72 Å². The van der Waals surface area contributed by atoms with Crippen LogP contribution in [0, 0.1) is 27.9 Å². The highest BCUT2D eigenvalue weighted by molar-refractivity contribution is 7.89. The molecule has 2 aliphatic rings. The SMILES string of the molecule is CC(C)(NS(=O)(=O)c1cccc([N+](=O)[O-])c1)C(=O)N[C@H]1C(CO)CC2CCCC1C2. The first kappa shape index (κ1) is 22.6. The van der Waals surface area contributed by atoms with Gasteiger partial charge < -0.3 is 10.4 Å². The van der Waals surface area contributed by atoms with Gasteiger partial charge in [0, 0.05) is 30.7 Å². The number of rotatable bonds is 7. The third-order valence-corrected chi connectivity index (χ3v) is 7.96. The number of carbonyl (C=O) groups excluding carboxylic acids is 1. The van der Waals surface area contributed by atoms with E-state index in [0.717, 1.165) is 38.2 Å². The van der Waals surface area contributed by atoms with Gasteiger partial charge in [0.1, 0.15) is 5.54 Å². The molecule has 2 bridgehead atoms. The van der Waals surface area contributed by atoms with E-state index in [1.165, 1.54) is 32.0 Å². The zero-order chi connectivity index (χ0) is 22.1. The Morgan fingerprint density at radius 1 is 1.30 bits per heavy atom. The standard InChI is InChI=1S/C20H29N3O6S/c1-20(2,22-30(28,29)17-8-4-7-16(11-17)23(26)27)19(25)21-18-14-6-3-5-13(9-14)10-15(18)12-24/h4,7-8,11,13-15,18,22,24H,3,5-6,9-10,12H2,1-2H3,(H,21,25)/t13?,14?,15?,18-/m1/s1. The van der Waals surface area contributed by atoms with Crippen molar-refractivity contribution in [3.8, 4) is 0 Å². The Morgan fingerprint density at radius 2 is 2.03 bits per heavy atom. The first-order valence-electron chi connectivity index (χ1n) is 10.2. The van der Waals surface area contributed by atoms with Crippen LogP contribution in [-0.2, 0) is 14.8 Å². The summed E-state index contributed by atoms with van der Waals surface area (Å²) in [6.07, 6.45) is 5.11. The topological polar surface area (TPSA) is 139 Å². The van der Waals surface area contributed by atoms with Crippen LogP contribution < -0.4 is 10.0 Å². The lowest BCUT2D eigenvalue weighted by atomic mass is 9.65. The van der Waals surface area contributed by atoms with Gasteiger partial charge in [-0.1, -0.05) is 18.9 Å². The van der Waals surface area contributed by atoms with Crippen molar-refractivity contribution in [1.29, 1.82) is 0 Å². The fraction of sp³-hybridized carbons (Fsp3) is 0.650. The van der Waals surface area contributed by atoms with Gasteiger partial charge in [0.2, 0.25) is 15.9 Å². The number of nitrogens with one attached hydrogen (secondary N) is 2. The Hall–Kier alpha value is -2.04. The van der Waals surface area contributed by atoms with E-state index in [0.29, 0.717) is 5.92 Å². The molecule has 1 amide bonds. The van der Waals surface area contributed by atoms with Gasteiger partial charge in [0.25, 0.3) is 5.69 Å². The fourth-order valence-electron chi connectivity index (χ4n) is 4.79. The number of hydrogen-bond acceptors (Lipinski definition) is 6. The number of amides is 1. The molecule has 1 aromatic carbocycles. The van der Waals surface area contributed by atoms with Gasteiger partial charge >= 0.3 is 0 Å². The minimum Gasteiger partial charge on any atom is -0.396 e. The van der Waals surface area contributed by atoms with Crippen LogP contribution in [0.15, 0.2) is 29.2 Å². The van der Waals surface area contributed by atoms with Crippen LogP contribution in [0.4, 0.5) is 5.69 Å². The molecular weight excluding hydrogens is 410 g/mol. The second-order valence-electron chi connectivity index (χ2n) is 8.96. The van der Waals surface area contributed by atoms with Crippen LogP contribution in [-0.4, -0.2) is 42.5 Å². The zero-order valence-electron chi connectivity index (χ0n) is 17.2. The van der Waals surface area contributed by atoms with E-state index in [1.807, 2.05) is 0 Å². The summed E-state index contributed by atoms with van der Waals surface area (Å²) in [4.78, 5) is 23.0. The largest absolute Gasteiger partial charge is 0.396 e. The second kappa shape index (κ2) is 8.60. The number of sulfonamides is 1. The molecule has 4 atom stereocenters. The number of non-ortho nitro benzene ring substituents is 1. The van der Waals surface area contributed by atoms with Gasteiger partial charge in [-0.05, 0) is 51.0 Å². The molecule has 10 heteroatoms. The summed E-state index contributed by atoms with van der Waals surface area (Å²) in [7, 11) is -4.16. The maximum absolute atomic E-state index is 13.0. The number of hydrogen-bond donors (Lipinski definition) is 3. The van der Waals surface area contributed by atoms with Crippen molar-refractivity contribution >= 4 is 21.6 Å². The Morgan fingerprint density at radius 3 is 2.70 bits per heavy atom. The number of aliphatic hydroxyl groups excluding tert-OH is 1. The molecule has 0 aliphatic heterocycles. The molecule has 2 saturated carbocycles. The quantitative estimate of drug-likeness (QED) is 0.438. The average Bonchev–Trinajstić information content (AvgIpc) is 2.69. The maximum atomic E-state index is 13.0. The Kier molecular flexibility index (Phi) is 6.49. The van der Waals surface area contributed by atoms with Crippen LogP contribution in [0.5, 0.6) is 0 Å². The summed E-state index contributed by atoms with van der Waals surface area (Å²) >= 11 is 0. The number of nitro benzene ring substituents is 1. The molecule has 30 heavy (non-hydrogen) atoms. The number of aliphatic hydroxyl groups is 1. The van der Waals surface area contributed by atoms with Crippen LogP contribution in [0.25, 0.3) is 0 Å². The molecule has 0 radical (unpaired) electrons. The lowest BCUT2D eigenvalue weighted by molar-refractivity contribution is -0.385. The first-order chi connectivity index (χ1) is 14.0. The third kappa shape index (κ3) is 4.81. The lowest BCUT2D eigenvalue weighted by Gasteiger charge is -2.45. The number of carbonyl (C=O) groups is 1. The Labute approximate surface area is 176 Å². The smallest absolute Gasteiger partial charge is 0.270 e. The number of benzene rings is 1. The average molecular weight is 440 g/mol. The van der Waals surface area contributed by atoms with Crippen molar-refractivity contribution in [2.24, 2.45) is 17.8 Å². The molecule has 1 aromatic rings. The molecule has 0 heterocycles. The van der Waals surface area contributed by atoms with Crippen LogP contribution in [0.3, 0.4) is 0 Å². The van der Waals surface area contributed by atoms with Crippen molar-refractivity contribution in [3.63, 3.8) is 0 Å². The summed E-state index contributed by atoms with van der Waals surface area (Å²) in [6, 6.07) is 4.50. The van der Waals surface area contributed by atoms with E-state index >= 15 is 0 Å². The Bertz CT molecular complexity index is 915. The van der Waals surface area contributed by atoms with E-state index in [-0.39, 0.29) is 35.1 Å². The molecule has 166 valence electrons. The summed E-state index contributed by atoms with van der Waals surface area (Å²) in [5.74, 6) is 0.336. The first-order valence-corrected chi connectivity index (χ1v) is 11.7. The minimum atomic E-state index is -4.16. The van der Waals surface area contributed by atoms with Crippen molar-refractivity contribution in [3.05, 3.63) is 34.4 Å². The molecule has 3 N–H and O–H groups in total. The molecule has 0 aromatic heterocycles. The number of nitro groups is 1. The van der Waals surface area contributed by atoms with E-state index in [1.54, 1.807) is 0 Å². The van der Waals surface area contributed by atoms with E-state index in [4.69, 9.17) is 0 Å². The minimum absolute atomic E-state index is 0.0161. The third-order valence-electron chi connectivity index (χ3n) is 6.30. The zero-order valence-corrected chi connectivity index (χ0v) is 18.0. The van der Waals surface area contributed by atoms with Crippen molar-refractivity contribution in [1.82, 2.24) is 10.0 Å². The summed E-state index contributed by atoms with van der Waals surface area (Å²) < 4.78 is 27.9. The van der Waals surface area contributed by atoms with Crippen LogP contribution >= 0.6 is 0 Å². The van der Waals surface area contributed by atoms with Crippen molar-refractivity contribution in [2.75, 3.05) is 6.61 Å². The van der Waals surface area contributed by atoms with Crippen LogP contribution in [0.1, 0.15) is 46.0 Å². The predicted molar refractivity (Wildman–Crippen MR) is 110 cm³/mol. The highest BCUT2D eigenvalue weighted by Gasteiger charge is 2.42. The van der Waals surface area contributed by atoms with Crippen molar-refractivity contribution < 1.29 is 23.2 Å². The molecule has 2 aliphatic carbocycles. The van der Waals surface area contributed by atoms with Gasteiger partial charge in [0.05, 0.1) is 9.82 Å². The predicted octanol–water partition coefficient (Wildman–Crippen LogP) is 1.96. The summed E-state index contributed by atoms with van der Waals surface area (Å²) in [5, 5.41) is 23.8. The van der Waals surface area contributed by atoms with Crippen LogP contribution in [0.2, 0.25) is 0 Å². The fourth-order valence-corrected chi connectivity index (χ4v) is 6.21. The normalized spacial score (nSPS) is 26.8. The monoisotopic (exact) mass is 439 g/mol. The highest BCUT2D eigenvalue weighted by Crippen LogP contribution is 2.42. The molecule has 0 saturated heterocycles. The number of nitrogens with zero attached hydrogens (tertiary/aromatic N) is 1. The summed E-state index contributed by atoms with van der Waals surface area (Å²) in [6.45, 7) is 2.90. The molecule has 9 nitrogen and oxygen atoms in total. The van der Waals surface area contributed by atoms with Gasteiger partial charge in [0.15, 0.2) is 0 Å². The molecule has 3 rings (SSSR count). The number of fused-ring (bicyclic) bond motifs is 2. The molecule has 2 fully saturated rings. The van der Waals surface area contributed by atoms with E-state index in [2.05, 4.69) is 10.0 Å². The molecule has 0 spiro atoms. The second-order valence-corrected chi connectivity index (χ2v) is 10.6. The van der Waals surface area contributed by atoms with Gasteiger partial charge in [-0.15, -0.1) is 0 Å². The van der Waals surface area contributed by atoms with Gasteiger partial charge in [-0.25, -0.2) is 8.42 Å².